The fraction of sp³-hybridized carbons (Fsp3) is 0.299. The average Bonchev–Trinajstić information content (AvgIpc) is 3.28. The molecule has 80 heavy (non-hydrogen) atoms. The summed E-state index contributed by atoms with van der Waals surface area (Å²) in [5.74, 6) is 0. The van der Waals surface area contributed by atoms with Gasteiger partial charge in [0.1, 0.15) is 0 Å². The Morgan fingerprint density at radius 3 is 1.49 bits per heavy atom. The summed E-state index contributed by atoms with van der Waals surface area (Å²) >= 11 is 0. The zero-order chi connectivity index (χ0) is 56.5. The summed E-state index contributed by atoms with van der Waals surface area (Å²) in [7, 11) is 0. The van der Waals surface area contributed by atoms with Crippen LogP contribution in [0.3, 0.4) is 0 Å². The number of nitrogens with zero attached hydrogens (tertiary/aromatic N) is 2. The minimum atomic E-state index is -0.254. The summed E-state index contributed by atoms with van der Waals surface area (Å²) in [5.41, 5.74) is 27.9. The quantitative estimate of drug-likeness (QED) is 0.140. The molecule has 402 valence electrons. The van der Waals surface area contributed by atoms with Gasteiger partial charge in [-0.2, -0.15) is 0 Å². The number of fused-ring (bicyclic) bond motifs is 5. The molecule has 0 N–H and O–H groups in total. The molecule has 0 unspecified atom stereocenters. The van der Waals surface area contributed by atoms with Gasteiger partial charge in [-0.3, -0.25) is 0 Å². The maximum atomic E-state index is 2.70. The van der Waals surface area contributed by atoms with Crippen molar-refractivity contribution in [3.05, 3.63) is 244 Å². The van der Waals surface area contributed by atoms with E-state index in [1.165, 1.54) is 123 Å². The highest BCUT2D eigenvalue weighted by molar-refractivity contribution is 7.00. The molecule has 9 aromatic rings. The molecule has 3 aliphatic rings. The van der Waals surface area contributed by atoms with E-state index >= 15 is 0 Å². The Bertz CT molecular complexity index is 3860. The van der Waals surface area contributed by atoms with Crippen molar-refractivity contribution in [1.29, 1.82) is 0 Å². The fourth-order valence-corrected chi connectivity index (χ4v) is 13.6. The lowest BCUT2D eigenvalue weighted by Crippen LogP contribution is -2.62. The molecule has 3 heteroatoms. The molecule has 0 atom stereocenters. The van der Waals surface area contributed by atoms with Gasteiger partial charge in [-0.25, -0.2) is 0 Å². The van der Waals surface area contributed by atoms with Gasteiger partial charge >= 0.3 is 0 Å². The Morgan fingerprint density at radius 1 is 0.362 bits per heavy atom. The first-order valence-corrected chi connectivity index (χ1v) is 29.5. The van der Waals surface area contributed by atoms with Crippen LogP contribution in [0.25, 0.3) is 22.3 Å². The second kappa shape index (κ2) is 18.9. The SMILES string of the molecule is Cc1cc2c3c(c1)N(c1ccc(C(C)(C)C)cc1-c1cccc(-c4ccc(C(C)(C)C)cc4)c1)c1cc4c(cc1B3c1ccc(C(C)(C)c3ccccc3)cc1N2c1cccc(C(C)(C)c2ccccc2)c1)C(C)(C)CCC4(C)C. The molecule has 9 aromatic carbocycles. The minimum Gasteiger partial charge on any atom is -0.311 e. The molecule has 0 amide bonds. The molecule has 2 heterocycles. The van der Waals surface area contributed by atoms with Crippen molar-refractivity contribution in [2.45, 2.75) is 149 Å². The van der Waals surface area contributed by atoms with E-state index < -0.39 is 0 Å². The highest BCUT2D eigenvalue weighted by Gasteiger charge is 2.47. The summed E-state index contributed by atoms with van der Waals surface area (Å²) < 4.78 is 0. The lowest BCUT2D eigenvalue weighted by Gasteiger charge is -2.48. The Morgan fingerprint density at radius 2 is 0.875 bits per heavy atom. The molecule has 0 bridgehead atoms. The molecule has 0 aromatic heterocycles. The van der Waals surface area contributed by atoms with Crippen LogP contribution >= 0.6 is 0 Å². The van der Waals surface area contributed by atoms with Crippen molar-refractivity contribution in [3.8, 4) is 22.3 Å². The van der Waals surface area contributed by atoms with E-state index in [2.05, 4.69) is 308 Å². The summed E-state index contributed by atoms with van der Waals surface area (Å²) in [4.78, 5) is 5.34. The highest BCUT2D eigenvalue weighted by atomic mass is 15.2. The molecule has 0 radical (unpaired) electrons. The zero-order valence-electron chi connectivity index (χ0n) is 50.4. The van der Waals surface area contributed by atoms with Crippen LogP contribution in [0.1, 0.15) is 160 Å². The first-order chi connectivity index (χ1) is 37.8. The third-order valence-electron chi connectivity index (χ3n) is 19.1. The van der Waals surface area contributed by atoms with Gasteiger partial charge in [0, 0.05) is 44.8 Å². The van der Waals surface area contributed by atoms with Crippen molar-refractivity contribution in [2.75, 3.05) is 9.80 Å². The number of hydrogen-bond acceptors (Lipinski definition) is 2. The van der Waals surface area contributed by atoms with Gasteiger partial charge in [-0.1, -0.05) is 236 Å². The van der Waals surface area contributed by atoms with Crippen LogP contribution in [0.2, 0.25) is 0 Å². The van der Waals surface area contributed by atoms with Crippen LogP contribution in [0.15, 0.2) is 194 Å². The Hall–Kier alpha value is -7.36. The number of aryl methyl sites for hydroxylation is 1. The maximum absolute atomic E-state index is 2.70. The molecular weight excluding hydrogens is 964 g/mol. The van der Waals surface area contributed by atoms with Crippen molar-refractivity contribution in [2.24, 2.45) is 0 Å². The Kier molecular flexibility index (Phi) is 12.6. The monoisotopic (exact) mass is 1040 g/mol. The summed E-state index contributed by atoms with van der Waals surface area (Å²) in [5, 5.41) is 0. The van der Waals surface area contributed by atoms with Crippen molar-refractivity contribution in [1.82, 2.24) is 0 Å². The predicted octanol–water partition coefficient (Wildman–Crippen LogP) is 19.0. The largest absolute Gasteiger partial charge is 0.311 e. The van der Waals surface area contributed by atoms with Gasteiger partial charge in [0.25, 0.3) is 6.71 Å². The van der Waals surface area contributed by atoms with E-state index in [1.54, 1.807) is 0 Å². The number of rotatable bonds is 8. The van der Waals surface area contributed by atoms with Crippen molar-refractivity contribution < 1.29 is 0 Å². The van der Waals surface area contributed by atoms with Gasteiger partial charge < -0.3 is 9.80 Å². The molecule has 1 aliphatic carbocycles. The number of hydrogen-bond donors (Lipinski definition) is 0. The molecular formula is C77H81BN2. The van der Waals surface area contributed by atoms with E-state index in [0.717, 1.165) is 12.8 Å². The topological polar surface area (TPSA) is 6.48 Å². The lowest BCUT2D eigenvalue weighted by atomic mass is 9.33. The van der Waals surface area contributed by atoms with Crippen LogP contribution in [-0.2, 0) is 32.5 Å². The first kappa shape index (κ1) is 53.3. The van der Waals surface area contributed by atoms with Crippen molar-refractivity contribution in [3.63, 3.8) is 0 Å². The molecule has 0 spiro atoms. The third kappa shape index (κ3) is 8.95. The summed E-state index contributed by atoms with van der Waals surface area (Å²) in [6.07, 6.45) is 2.29. The minimum absolute atomic E-state index is 0.00285. The van der Waals surface area contributed by atoms with E-state index in [4.69, 9.17) is 0 Å². The van der Waals surface area contributed by atoms with Crippen LogP contribution in [0.4, 0.5) is 34.1 Å². The molecule has 12 rings (SSSR count). The molecule has 0 saturated carbocycles. The van der Waals surface area contributed by atoms with Gasteiger partial charge in [0.2, 0.25) is 0 Å². The van der Waals surface area contributed by atoms with E-state index in [-0.39, 0.29) is 39.2 Å². The third-order valence-corrected chi connectivity index (χ3v) is 19.1. The van der Waals surface area contributed by atoms with Crippen LogP contribution in [0, 0.1) is 6.92 Å². The van der Waals surface area contributed by atoms with Crippen LogP contribution in [-0.4, -0.2) is 6.71 Å². The van der Waals surface area contributed by atoms with E-state index in [9.17, 15) is 0 Å². The normalized spacial score (nSPS) is 15.5. The van der Waals surface area contributed by atoms with Gasteiger partial charge in [-0.05, 0) is 179 Å². The summed E-state index contributed by atoms with van der Waals surface area (Å²) in [6.45, 7) is 35.7. The maximum Gasteiger partial charge on any atom is 0.252 e. The van der Waals surface area contributed by atoms with Crippen molar-refractivity contribution >= 4 is 57.2 Å². The van der Waals surface area contributed by atoms with Gasteiger partial charge in [-0.15, -0.1) is 0 Å². The fourth-order valence-electron chi connectivity index (χ4n) is 13.6. The average molecular weight is 1050 g/mol. The first-order valence-electron chi connectivity index (χ1n) is 29.5. The Labute approximate surface area is 480 Å². The second-order valence-corrected chi connectivity index (χ2v) is 28.2. The predicted molar refractivity (Wildman–Crippen MR) is 346 cm³/mol. The number of anilines is 6. The van der Waals surface area contributed by atoms with Gasteiger partial charge in [0.15, 0.2) is 0 Å². The Balaban J connectivity index is 1.16. The van der Waals surface area contributed by atoms with Crippen LogP contribution in [0.5, 0.6) is 0 Å². The molecule has 0 saturated heterocycles. The highest BCUT2D eigenvalue weighted by Crippen LogP contribution is 2.53. The van der Waals surface area contributed by atoms with E-state index in [1.807, 2.05) is 0 Å². The second-order valence-electron chi connectivity index (χ2n) is 28.2. The summed E-state index contributed by atoms with van der Waals surface area (Å²) in [6, 6.07) is 75.3. The molecule has 2 nitrogen and oxygen atoms in total. The zero-order valence-corrected chi connectivity index (χ0v) is 50.4. The van der Waals surface area contributed by atoms with Gasteiger partial charge in [0.05, 0.1) is 5.69 Å². The smallest absolute Gasteiger partial charge is 0.252 e. The molecule has 2 aliphatic heterocycles. The van der Waals surface area contributed by atoms with E-state index in [0.29, 0.717) is 0 Å². The molecule has 0 fully saturated rings. The standard InChI is InChI=1S/C77H81BN2/c1-50-42-69-71-70(43-50)80(66-39-37-57(73(5,6)7)46-61(66)53-25-22-24-52(44-53)51-32-34-54(35-33-51)72(2,3)4)68-49-63-62(74(8,9)40-41-75(63,10)11)48-65(68)78(71)64-38-36-59(77(14,15)56-28-20-17-21-29-56)47-67(64)79(69)60-31-23-30-58(45-60)76(12,13)55-26-18-16-19-27-55/h16-39,42-49H,40-41H2,1-15H3. The number of benzene rings is 9. The lowest BCUT2D eigenvalue weighted by molar-refractivity contribution is 0.332. The van der Waals surface area contributed by atoms with Crippen LogP contribution < -0.4 is 26.2 Å².